The van der Waals surface area contributed by atoms with E-state index < -0.39 is 0 Å². The van der Waals surface area contributed by atoms with Gasteiger partial charge in [0.15, 0.2) is 11.5 Å². The van der Waals surface area contributed by atoms with E-state index in [4.69, 9.17) is 9.47 Å². The van der Waals surface area contributed by atoms with Crippen molar-refractivity contribution in [3.8, 4) is 11.5 Å². The van der Waals surface area contributed by atoms with E-state index in [0.29, 0.717) is 12.5 Å². The number of hydrogen-bond donors (Lipinski definition) is 1. The van der Waals surface area contributed by atoms with Crippen LogP contribution in [-0.4, -0.2) is 47.8 Å². The minimum Gasteiger partial charge on any atom is -0.493 e. The van der Waals surface area contributed by atoms with Gasteiger partial charge in [-0.25, -0.2) is 4.98 Å². The molecule has 142 valence electrons. The van der Waals surface area contributed by atoms with Gasteiger partial charge in [-0.15, -0.1) is 0 Å². The van der Waals surface area contributed by atoms with Gasteiger partial charge in [0.25, 0.3) is 0 Å². The molecule has 1 aromatic carbocycles. The molecule has 1 aliphatic heterocycles. The first-order valence-electron chi connectivity index (χ1n) is 9.30. The van der Waals surface area contributed by atoms with Crippen molar-refractivity contribution in [2.45, 2.75) is 26.4 Å². The molecular weight excluding hydrogens is 328 g/mol. The molecule has 1 fully saturated rings. The van der Waals surface area contributed by atoms with E-state index in [2.05, 4.69) is 52.8 Å². The molecule has 1 N–H and O–H groups in total. The lowest BCUT2D eigenvalue weighted by molar-refractivity contribution is 0.144. The van der Waals surface area contributed by atoms with E-state index in [0.717, 1.165) is 43.5 Å². The van der Waals surface area contributed by atoms with Crippen LogP contribution < -0.4 is 14.8 Å². The molecule has 0 spiro atoms. The highest BCUT2D eigenvalue weighted by Crippen LogP contribution is 2.30. The van der Waals surface area contributed by atoms with Crippen LogP contribution in [0.3, 0.4) is 0 Å². The summed E-state index contributed by atoms with van der Waals surface area (Å²) in [6.07, 6.45) is 3.88. The number of ether oxygens (including phenoxy) is 2. The molecule has 6 nitrogen and oxygen atoms in total. The quantitative estimate of drug-likeness (QED) is 0.825. The number of imidazole rings is 1. The van der Waals surface area contributed by atoms with Gasteiger partial charge in [-0.05, 0) is 23.6 Å². The smallest absolute Gasteiger partial charge is 0.161 e. The Balaban J connectivity index is 1.77. The fraction of sp³-hybridized carbons (Fsp3) is 0.550. The lowest BCUT2D eigenvalue weighted by Gasteiger charge is -2.35. The highest BCUT2D eigenvalue weighted by Gasteiger charge is 2.27. The van der Waals surface area contributed by atoms with E-state index in [9.17, 15) is 0 Å². The Morgan fingerprint density at radius 2 is 2.15 bits per heavy atom. The number of nitrogens with zero attached hydrogens (tertiary/aromatic N) is 3. The summed E-state index contributed by atoms with van der Waals surface area (Å²) in [6.45, 7) is 8.74. The number of rotatable bonds is 7. The monoisotopic (exact) mass is 358 g/mol. The van der Waals surface area contributed by atoms with Crippen molar-refractivity contribution in [1.82, 2.24) is 19.8 Å². The number of benzene rings is 1. The molecule has 6 heteroatoms. The van der Waals surface area contributed by atoms with Crippen molar-refractivity contribution in [3.63, 3.8) is 0 Å². The van der Waals surface area contributed by atoms with Crippen LogP contribution in [0.5, 0.6) is 11.5 Å². The first-order chi connectivity index (χ1) is 12.6. The first kappa shape index (κ1) is 18.7. The van der Waals surface area contributed by atoms with Crippen LogP contribution in [0.2, 0.25) is 0 Å². The van der Waals surface area contributed by atoms with Crippen molar-refractivity contribution >= 4 is 0 Å². The van der Waals surface area contributed by atoms with E-state index in [1.54, 1.807) is 7.11 Å². The zero-order chi connectivity index (χ0) is 18.5. The lowest BCUT2D eigenvalue weighted by atomic mass is 10.1. The second-order valence-corrected chi connectivity index (χ2v) is 7.28. The van der Waals surface area contributed by atoms with Crippen molar-refractivity contribution in [2.24, 2.45) is 13.0 Å². The van der Waals surface area contributed by atoms with Crippen LogP contribution in [0.1, 0.15) is 31.3 Å². The van der Waals surface area contributed by atoms with Gasteiger partial charge in [0.05, 0.1) is 19.8 Å². The Labute approximate surface area is 156 Å². The maximum absolute atomic E-state index is 5.97. The van der Waals surface area contributed by atoms with E-state index in [-0.39, 0.29) is 6.04 Å². The Kier molecular flexibility index (Phi) is 6.16. The lowest BCUT2D eigenvalue weighted by Crippen LogP contribution is -2.46. The third kappa shape index (κ3) is 4.37. The topological polar surface area (TPSA) is 51.5 Å². The second-order valence-electron chi connectivity index (χ2n) is 7.28. The third-order valence-corrected chi connectivity index (χ3v) is 4.70. The zero-order valence-corrected chi connectivity index (χ0v) is 16.2. The second kappa shape index (κ2) is 8.56. The minimum atomic E-state index is 0.269. The summed E-state index contributed by atoms with van der Waals surface area (Å²) >= 11 is 0. The minimum absolute atomic E-state index is 0.269. The molecule has 1 aromatic heterocycles. The summed E-state index contributed by atoms with van der Waals surface area (Å²) in [6, 6.07) is 6.51. The van der Waals surface area contributed by atoms with Crippen molar-refractivity contribution in [1.29, 1.82) is 0 Å². The molecule has 1 atom stereocenters. The van der Waals surface area contributed by atoms with Crippen LogP contribution in [0.25, 0.3) is 0 Å². The van der Waals surface area contributed by atoms with Crippen LogP contribution in [0.4, 0.5) is 0 Å². The van der Waals surface area contributed by atoms with Gasteiger partial charge < -0.3 is 19.4 Å². The fourth-order valence-electron chi connectivity index (χ4n) is 3.31. The summed E-state index contributed by atoms with van der Waals surface area (Å²) in [4.78, 5) is 7.04. The van der Waals surface area contributed by atoms with E-state index in [1.807, 2.05) is 18.5 Å². The molecule has 0 bridgehead atoms. The fourth-order valence-corrected chi connectivity index (χ4v) is 3.31. The average molecular weight is 358 g/mol. The number of aryl methyl sites for hydroxylation is 1. The molecule has 0 saturated carbocycles. The molecule has 0 radical (unpaired) electrons. The summed E-state index contributed by atoms with van der Waals surface area (Å²) < 4.78 is 13.5. The summed E-state index contributed by atoms with van der Waals surface area (Å²) in [7, 11) is 3.74. The van der Waals surface area contributed by atoms with E-state index >= 15 is 0 Å². The SMILES string of the molecule is COc1ccc(CN2CCNCC2c2nccn2C)cc1OCC(C)C. The first-order valence-corrected chi connectivity index (χ1v) is 9.30. The Bertz CT molecular complexity index is 714. The molecule has 2 aromatic rings. The van der Waals surface area contributed by atoms with Gasteiger partial charge in [-0.3, -0.25) is 4.90 Å². The average Bonchev–Trinajstić information content (AvgIpc) is 3.06. The molecule has 1 unspecified atom stereocenters. The summed E-state index contributed by atoms with van der Waals surface area (Å²) in [5.74, 6) is 3.18. The Morgan fingerprint density at radius 3 is 2.85 bits per heavy atom. The maximum atomic E-state index is 5.97. The zero-order valence-electron chi connectivity index (χ0n) is 16.2. The highest BCUT2D eigenvalue weighted by molar-refractivity contribution is 5.43. The molecule has 26 heavy (non-hydrogen) atoms. The number of piperazine rings is 1. The molecular formula is C20H30N4O2. The Hall–Kier alpha value is -2.05. The van der Waals surface area contributed by atoms with Gasteiger partial charge in [-0.2, -0.15) is 0 Å². The maximum Gasteiger partial charge on any atom is 0.161 e. The molecule has 1 aliphatic rings. The van der Waals surface area contributed by atoms with Crippen molar-refractivity contribution < 1.29 is 9.47 Å². The number of nitrogens with one attached hydrogen (secondary N) is 1. The van der Waals surface area contributed by atoms with Gasteiger partial charge >= 0.3 is 0 Å². The molecule has 0 aliphatic carbocycles. The number of methoxy groups -OCH3 is 1. The van der Waals surface area contributed by atoms with E-state index in [1.165, 1.54) is 5.56 Å². The van der Waals surface area contributed by atoms with Gasteiger partial charge in [0, 0.05) is 45.6 Å². The van der Waals surface area contributed by atoms with Gasteiger partial charge in [0.2, 0.25) is 0 Å². The van der Waals surface area contributed by atoms with Crippen LogP contribution in [0.15, 0.2) is 30.6 Å². The van der Waals surface area contributed by atoms with Crippen LogP contribution in [0, 0.1) is 5.92 Å². The molecule has 1 saturated heterocycles. The highest BCUT2D eigenvalue weighted by atomic mass is 16.5. The molecule has 0 amide bonds. The van der Waals surface area contributed by atoms with Gasteiger partial charge in [-0.1, -0.05) is 19.9 Å². The number of aromatic nitrogens is 2. The van der Waals surface area contributed by atoms with Crippen LogP contribution in [-0.2, 0) is 13.6 Å². The largest absolute Gasteiger partial charge is 0.493 e. The summed E-state index contributed by atoms with van der Waals surface area (Å²) in [5.41, 5.74) is 1.23. The standard InChI is InChI=1S/C20H30N4O2/c1-15(2)14-26-19-11-16(5-6-18(19)25-4)13-24-10-7-21-12-17(24)20-22-8-9-23(20)3/h5-6,8-9,11,15,17,21H,7,10,12-14H2,1-4H3. The summed E-state index contributed by atoms with van der Waals surface area (Å²) in [5, 5.41) is 3.49. The van der Waals surface area contributed by atoms with Crippen molar-refractivity contribution in [2.75, 3.05) is 33.4 Å². The van der Waals surface area contributed by atoms with Crippen LogP contribution >= 0.6 is 0 Å². The Morgan fingerprint density at radius 1 is 1.31 bits per heavy atom. The van der Waals surface area contributed by atoms with Gasteiger partial charge in [0.1, 0.15) is 5.82 Å². The number of hydrogen-bond acceptors (Lipinski definition) is 5. The van der Waals surface area contributed by atoms with Crippen molar-refractivity contribution in [3.05, 3.63) is 42.0 Å². The predicted molar refractivity (Wildman–Crippen MR) is 103 cm³/mol. The molecule has 3 rings (SSSR count). The molecule has 2 heterocycles. The predicted octanol–water partition coefficient (Wildman–Crippen LogP) is 2.61. The normalized spacial score (nSPS) is 18.3. The third-order valence-electron chi connectivity index (χ3n) is 4.70.